The minimum atomic E-state index is -0.0278. The van der Waals surface area contributed by atoms with E-state index in [9.17, 15) is 4.79 Å². The summed E-state index contributed by atoms with van der Waals surface area (Å²) >= 11 is 0. The third-order valence-electron chi connectivity index (χ3n) is 4.46. The maximum absolute atomic E-state index is 12.0. The SMILES string of the molecule is CNCC(C)C(=O)Nc1ccc(CN2CCC(C)CC2)cc1. The highest BCUT2D eigenvalue weighted by atomic mass is 16.1. The summed E-state index contributed by atoms with van der Waals surface area (Å²) in [5.41, 5.74) is 2.19. The fourth-order valence-corrected chi connectivity index (χ4v) is 2.84. The zero-order valence-electron chi connectivity index (χ0n) is 14.1. The summed E-state index contributed by atoms with van der Waals surface area (Å²) in [5.74, 6) is 0.903. The van der Waals surface area contributed by atoms with Crippen LogP contribution in [0.15, 0.2) is 24.3 Å². The predicted molar refractivity (Wildman–Crippen MR) is 91.8 cm³/mol. The summed E-state index contributed by atoms with van der Waals surface area (Å²) in [7, 11) is 1.86. The van der Waals surface area contributed by atoms with Crippen molar-refractivity contribution in [2.45, 2.75) is 33.2 Å². The fraction of sp³-hybridized carbons (Fsp3) is 0.611. The van der Waals surface area contributed by atoms with E-state index in [4.69, 9.17) is 0 Å². The summed E-state index contributed by atoms with van der Waals surface area (Å²) in [6.07, 6.45) is 2.61. The van der Waals surface area contributed by atoms with E-state index < -0.39 is 0 Å². The van der Waals surface area contributed by atoms with Crippen LogP contribution in [-0.2, 0) is 11.3 Å². The molecule has 1 aliphatic heterocycles. The Kier molecular flexibility index (Phi) is 6.40. The molecule has 4 heteroatoms. The van der Waals surface area contributed by atoms with E-state index in [1.165, 1.54) is 31.5 Å². The van der Waals surface area contributed by atoms with Crippen molar-refractivity contribution in [1.29, 1.82) is 0 Å². The van der Waals surface area contributed by atoms with Crippen LogP contribution in [0.4, 0.5) is 5.69 Å². The molecule has 0 radical (unpaired) electrons. The molecule has 1 amide bonds. The Morgan fingerprint density at radius 3 is 2.50 bits per heavy atom. The van der Waals surface area contributed by atoms with Gasteiger partial charge in [0, 0.05) is 24.7 Å². The smallest absolute Gasteiger partial charge is 0.228 e. The minimum absolute atomic E-state index is 0.0278. The molecule has 1 aromatic carbocycles. The van der Waals surface area contributed by atoms with Crippen molar-refractivity contribution in [3.63, 3.8) is 0 Å². The second-order valence-electron chi connectivity index (χ2n) is 6.60. The van der Waals surface area contributed by atoms with Gasteiger partial charge in [0.25, 0.3) is 0 Å². The summed E-state index contributed by atoms with van der Waals surface area (Å²) < 4.78 is 0. The molecule has 0 spiro atoms. The quantitative estimate of drug-likeness (QED) is 0.849. The van der Waals surface area contributed by atoms with Gasteiger partial charge in [0.15, 0.2) is 0 Å². The van der Waals surface area contributed by atoms with Crippen molar-refractivity contribution >= 4 is 11.6 Å². The summed E-state index contributed by atoms with van der Waals surface area (Å²) in [6, 6.07) is 8.25. The number of hydrogen-bond acceptors (Lipinski definition) is 3. The number of benzene rings is 1. The van der Waals surface area contributed by atoms with Crippen molar-refractivity contribution in [1.82, 2.24) is 10.2 Å². The van der Waals surface area contributed by atoms with Crippen molar-refractivity contribution in [2.24, 2.45) is 11.8 Å². The third-order valence-corrected chi connectivity index (χ3v) is 4.46. The van der Waals surface area contributed by atoms with Crippen LogP contribution in [0.1, 0.15) is 32.3 Å². The fourth-order valence-electron chi connectivity index (χ4n) is 2.84. The number of carbonyl (C=O) groups is 1. The zero-order valence-corrected chi connectivity index (χ0v) is 14.1. The van der Waals surface area contributed by atoms with Crippen LogP contribution in [0.3, 0.4) is 0 Å². The van der Waals surface area contributed by atoms with Crippen molar-refractivity contribution in [3.8, 4) is 0 Å². The van der Waals surface area contributed by atoms with E-state index >= 15 is 0 Å². The number of anilines is 1. The summed E-state index contributed by atoms with van der Waals surface area (Å²) in [6.45, 7) is 8.36. The van der Waals surface area contributed by atoms with Gasteiger partial charge in [0.2, 0.25) is 5.91 Å². The maximum Gasteiger partial charge on any atom is 0.228 e. The highest BCUT2D eigenvalue weighted by Crippen LogP contribution is 2.19. The van der Waals surface area contributed by atoms with Crippen molar-refractivity contribution < 1.29 is 4.79 Å². The van der Waals surface area contributed by atoms with E-state index in [1.54, 1.807) is 0 Å². The van der Waals surface area contributed by atoms with Crippen LogP contribution >= 0.6 is 0 Å². The second-order valence-corrected chi connectivity index (χ2v) is 6.60. The first kappa shape index (κ1) is 17.0. The van der Waals surface area contributed by atoms with Gasteiger partial charge in [-0.05, 0) is 56.6 Å². The van der Waals surface area contributed by atoms with E-state index in [0.717, 1.165) is 18.2 Å². The van der Waals surface area contributed by atoms with Gasteiger partial charge in [0.1, 0.15) is 0 Å². The lowest BCUT2D eigenvalue weighted by molar-refractivity contribution is -0.119. The summed E-state index contributed by atoms with van der Waals surface area (Å²) in [4.78, 5) is 14.5. The Morgan fingerprint density at radius 2 is 1.91 bits per heavy atom. The second kappa shape index (κ2) is 8.30. The lowest BCUT2D eigenvalue weighted by atomic mass is 9.99. The van der Waals surface area contributed by atoms with Gasteiger partial charge in [-0.1, -0.05) is 26.0 Å². The Morgan fingerprint density at radius 1 is 1.27 bits per heavy atom. The topological polar surface area (TPSA) is 44.4 Å². The molecule has 0 bridgehead atoms. The number of amides is 1. The molecular weight excluding hydrogens is 274 g/mol. The first-order chi connectivity index (χ1) is 10.6. The molecule has 0 aromatic heterocycles. The van der Waals surface area contributed by atoms with Crippen LogP contribution in [0.5, 0.6) is 0 Å². The number of likely N-dealkylation sites (tertiary alicyclic amines) is 1. The number of hydrogen-bond donors (Lipinski definition) is 2. The third kappa shape index (κ3) is 5.11. The van der Waals surface area contributed by atoms with E-state index in [-0.39, 0.29) is 11.8 Å². The molecule has 1 fully saturated rings. The Bertz CT molecular complexity index is 464. The van der Waals surface area contributed by atoms with Gasteiger partial charge >= 0.3 is 0 Å². The number of nitrogens with one attached hydrogen (secondary N) is 2. The minimum Gasteiger partial charge on any atom is -0.326 e. The van der Waals surface area contributed by atoms with E-state index in [2.05, 4.69) is 34.6 Å². The maximum atomic E-state index is 12.0. The van der Waals surface area contributed by atoms with Gasteiger partial charge in [0.05, 0.1) is 0 Å². The Balaban J connectivity index is 1.83. The molecule has 1 aliphatic rings. The lowest BCUT2D eigenvalue weighted by Gasteiger charge is -2.30. The molecule has 0 aliphatic carbocycles. The van der Waals surface area contributed by atoms with Crippen LogP contribution in [0.2, 0.25) is 0 Å². The van der Waals surface area contributed by atoms with Crippen LogP contribution in [-0.4, -0.2) is 37.5 Å². The summed E-state index contributed by atoms with van der Waals surface area (Å²) in [5, 5.41) is 6.00. The largest absolute Gasteiger partial charge is 0.326 e. The highest BCUT2D eigenvalue weighted by molar-refractivity contribution is 5.92. The molecule has 1 unspecified atom stereocenters. The molecule has 1 atom stereocenters. The Hall–Kier alpha value is -1.39. The molecule has 122 valence electrons. The average Bonchev–Trinajstić information content (AvgIpc) is 2.51. The average molecular weight is 303 g/mol. The molecular formula is C18H29N3O. The van der Waals surface area contributed by atoms with Crippen LogP contribution in [0, 0.1) is 11.8 Å². The Labute approximate surface area is 134 Å². The zero-order chi connectivity index (χ0) is 15.9. The molecule has 2 rings (SSSR count). The van der Waals surface area contributed by atoms with Crippen molar-refractivity contribution in [2.75, 3.05) is 32.0 Å². The standard InChI is InChI=1S/C18H29N3O/c1-14-8-10-21(11-9-14)13-16-4-6-17(7-5-16)20-18(22)15(2)12-19-3/h4-7,14-15,19H,8-13H2,1-3H3,(H,20,22). The van der Waals surface area contributed by atoms with Crippen LogP contribution in [0.25, 0.3) is 0 Å². The predicted octanol–water partition coefficient (Wildman–Crippen LogP) is 2.71. The molecule has 2 N–H and O–H groups in total. The lowest BCUT2D eigenvalue weighted by Crippen LogP contribution is -2.32. The van der Waals surface area contributed by atoms with E-state index in [1.807, 2.05) is 26.1 Å². The monoisotopic (exact) mass is 303 g/mol. The van der Waals surface area contributed by atoms with Gasteiger partial charge in [-0.3, -0.25) is 9.69 Å². The highest BCUT2D eigenvalue weighted by Gasteiger charge is 2.16. The molecule has 0 saturated carbocycles. The number of piperidine rings is 1. The molecule has 1 heterocycles. The number of carbonyl (C=O) groups excluding carboxylic acids is 1. The molecule has 22 heavy (non-hydrogen) atoms. The number of nitrogens with zero attached hydrogens (tertiary/aromatic N) is 1. The van der Waals surface area contributed by atoms with Crippen molar-refractivity contribution in [3.05, 3.63) is 29.8 Å². The van der Waals surface area contributed by atoms with Gasteiger partial charge < -0.3 is 10.6 Å². The normalized spacial score (nSPS) is 18.1. The van der Waals surface area contributed by atoms with E-state index in [0.29, 0.717) is 6.54 Å². The molecule has 1 aromatic rings. The first-order valence-corrected chi connectivity index (χ1v) is 8.35. The van der Waals surface area contributed by atoms with Gasteiger partial charge in [-0.2, -0.15) is 0 Å². The first-order valence-electron chi connectivity index (χ1n) is 8.35. The van der Waals surface area contributed by atoms with Gasteiger partial charge in [-0.15, -0.1) is 0 Å². The molecule has 1 saturated heterocycles. The van der Waals surface area contributed by atoms with Gasteiger partial charge in [-0.25, -0.2) is 0 Å². The molecule has 4 nitrogen and oxygen atoms in total. The number of rotatable bonds is 6. The van der Waals surface area contributed by atoms with Crippen LogP contribution < -0.4 is 10.6 Å².